The average Bonchev–Trinajstić information content (AvgIpc) is 2.98. The van der Waals surface area contributed by atoms with Gasteiger partial charge in [0.15, 0.2) is 5.65 Å². The van der Waals surface area contributed by atoms with Gasteiger partial charge in [-0.1, -0.05) is 30.3 Å². The molecule has 1 atom stereocenters. The monoisotopic (exact) mass is 338 g/mol. The lowest BCUT2D eigenvalue weighted by Crippen LogP contribution is -2.38. The minimum absolute atomic E-state index is 0.298. The fraction of sp³-hybridized carbons (Fsp3) is 0.389. The van der Waals surface area contributed by atoms with Crippen molar-refractivity contribution in [2.45, 2.75) is 24.9 Å². The second kappa shape index (κ2) is 6.42. The highest BCUT2D eigenvalue weighted by atomic mass is 16.3. The molecule has 2 aromatic heterocycles. The van der Waals surface area contributed by atoms with Gasteiger partial charge in [-0.25, -0.2) is 9.97 Å². The molecule has 0 spiro atoms. The zero-order valence-corrected chi connectivity index (χ0v) is 14.0. The fourth-order valence-corrected chi connectivity index (χ4v) is 3.35. The van der Waals surface area contributed by atoms with Gasteiger partial charge >= 0.3 is 0 Å². The number of H-pyrrole nitrogens is 1. The number of rotatable bonds is 3. The summed E-state index contributed by atoms with van der Waals surface area (Å²) >= 11 is 0. The number of nitrogens with one attached hydrogen (secondary N) is 1. The van der Waals surface area contributed by atoms with E-state index in [9.17, 15) is 5.11 Å². The molecular weight excluding hydrogens is 316 g/mol. The summed E-state index contributed by atoms with van der Waals surface area (Å²) in [5.41, 5.74) is 8.21. The van der Waals surface area contributed by atoms with Crippen molar-refractivity contribution >= 4 is 17.0 Å². The molecule has 1 saturated heterocycles. The highest BCUT2D eigenvalue weighted by Gasteiger charge is 2.29. The molecule has 3 heterocycles. The summed E-state index contributed by atoms with van der Waals surface area (Å²) < 4.78 is 0. The first-order valence-corrected chi connectivity index (χ1v) is 8.62. The van der Waals surface area contributed by atoms with Gasteiger partial charge in [0, 0.05) is 25.2 Å². The molecule has 4 N–H and O–H groups in total. The minimum atomic E-state index is -0.763. The molecule has 25 heavy (non-hydrogen) atoms. The number of nitrogens with two attached hydrogens (primary N) is 1. The molecule has 3 aromatic rings. The number of benzene rings is 1. The van der Waals surface area contributed by atoms with Crippen molar-refractivity contribution in [1.82, 2.24) is 20.2 Å². The topological polar surface area (TPSA) is 104 Å². The van der Waals surface area contributed by atoms with Gasteiger partial charge in [0.05, 0.1) is 11.8 Å². The normalized spacial score (nSPS) is 21.4. The Labute approximate surface area is 145 Å². The summed E-state index contributed by atoms with van der Waals surface area (Å²) in [6, 6.07) is 9.95. The molecule has 7 nitrogen and oxygen atoms in total. The van der Waals surface area contributed by atoms with Crippen molar-refractivity contribution in [3.63, 3.8) is 0 Å². The Bertz CT molecular complexity index is 864. The summed E-state index contributed by atoms with van der Waals surface area (Å²) in [4.78, 5) is 11.4. The first kappa shape index (κ1) is 16.0. The molecule has 1 fully saturated rings. The molecule has 130 valence electrons. The maximum atomic E-state index is 10.4. The number of aromatic nitrogens is 4. The van der Waals surface area contributed by atoms with Crippen LogP contribution in [-0.4, -0.2) is 50.5 Å². The predicted molar refractivity (Wildman–Crippen MR) is 97.2 cm³/mol. The van der Waals surface area contributed by atoms with Gasteiger partial charge in [-0.15, -0.1) is 0 Å². The molecule has 7 heteroatoms. The van der Waals surface area contributed by atoms with Crippen molar-refractivity contribution in [3.8, 4) is 11.3 Å². The summed E-state index contributed by atoms with van der Waals surface area (Å²) in [6.07, 6.45) is 4.03. The standard InChI is InChI=1S/C18H22N6O/c19-12-18(25)7-4-9-24(10-8-18)14-11-20-16-15(22-23-17(16)21-14)13-5-2-1-3-6-13/h1-3,5-6,11,25H,4,7-10,12,19H2,(H,21,22,23). The van der Waals surface area contributed by atoms with E-state index in [0.717, 1.165) is 42.0 Å². The lowest BCUT2D eigenvalue weighted by Gasteiger charge is -2.25. The second-order valence-corrected chi connectivity index (χ2v) is 6.63. The fourth-order valence-electron chi connectivity index (χ4n) is 3.35. The first-order valence-electron chi connectivity index (χ1n) is 8.62. The van der Waals surface area contributed by atoms with E-state index >= 15 is 0 Å². The SMILES string of the molecule is NCC1(O)CCCN(c2cnc3c(-c4ccccc4)n[nH]c3n2)CC1. The lowest BCUT2D eigenvalue weighted by atomic mass is 9.95. The van der Waals surface area contributed by atoms with Crippen LogP contribution in [0.25, 0.3) is 22.4 Å². The van der Waals surface area contributed by atoms with E-state index in [0.29, 0.717) is 25.2 Å². The van der Waals surface area contributed by atoms with E-state index in [1.807, 2.05) is 30.3 Å². The number of aliphatic hydroxyl groups is 1. The molecule has 0 aliphatic carbocycles. The van der Waals surface area contributed by atoms with Crippen molar-refractivity contribution in [2.75, 3.05) is 24.5 Å². The third-order valence-electron chi connectivity index (χ3n) is 4.93. The minimum Gasteiger partial charge on any atom is -0.389 e. The highest BCUT2D eigenvalue weighted by molar-refractivity contribution is 5.87. The smallest absolute Gasteiger partial charge is 0.177 e. The van der Waals surface area contributed by atoms with Crippen molar-refractivity contribution in [1.29, 1.82) is 0 Å². The van der Waals surface area contributed by atoms with Crippen LogP contribution in [0.2, 0.25) is 0 Å². The van der Waals surface area contributed by atoms with Gasteiger partial charge in [-0.2, -0.15) is 5.10 Å². The van der Waals surface area contributed by atoms with Crippen LogP contribution in [0.5, 0.6) is 0 Å². The zero-order chi connectivity index (χ0) is 17.3. The van der Waals surface area contributed by atoms with Crippen LogP contribution < -0.4 is 10.6 Å². The molecular formula is C18H22N6O. The van der Waals surface area contributed by atoms with Crippen LogP contribution >= 0.6 is 0 Å². The van der Waals surface area contributed by atoms with E-state index in [1.165, 1.54) is 0 Å². The number of anilines is 1. The number of aromatic amines is 1. The zero-order valence-electron chi connectivity index (χ0n) is 14.0. The quantitative estimate of drug-likeness (QED) is 0.671. The molecule has 0 amide bonds. The van der Waals surface area contributed by atoms with E-state index in [2.05, 4.69) is 20.1 Å². The number of hydrogen-bond acceptors (Lipinski definition) is 6. The van der Waals surface area contributed by atoms with Crippen LogP contribution in [0.4, 0.5) is 5.82 Å². The van der Waals surface area contributed by atoms with E-state index in [-0.39, 0.29) is 0 Å². The third-order valence-corrected chi connectivity index (χ3v) is 4.93. The summed E-state index contributed by atoms with van der Waals surface area (Å²) in [5, 5.41) is 17.8. The first-order chi connectivity index (χ1) is 12.2. The van der Waals surface area contributed by atoms with Crippen molar-refractivity contribution < 1.29 is 5.11 Å². The highest BCUT2D eigenvalue weighted by Crippen LogP contribution is 2.27. The van der Waals surface area contributed by atoms with Crippen LogP contribution in [-0.2, 0) is 0 Å². The van der Waals surface area contributed by atoms with Crippen LogP contribution in [0.15, 0.2) is 36.5 Å². The molecule has 0 bridgehead atoms. The van der Waals surface area contributed by atoms with Gasteiger partial charge in [-0.05, 0) is 19.3 Å². The Morgan fingerprint density at radius 1 is 1.20 bits per heavy atom. The second-order valence-electron chi connectivity index (χ2n) is 6.63. The van der Waals surface area contributed by atoms with Crippen LogP contribution in [0.3, 0.4) is 0 Å². The van der Waals surface area contributed by atoms with Gasteiger partial charge < -0.3 is 15.7 Å². The number of fused-ring (bicyclic) bond motifs is 1. The van der Waals surface area contributed by atoms with Gasteiger partial charge in [-0.3, -0.25) is 5.10 Å². The van der Waals surface area contributed by atoms with Crippen LogP contribution in [0, 0.1) is 0 Å². The Morgan fingerprint density at radius 2 is 2.04 bits per heavy atom. The number of hydrogen-bond donors (Lipinski definition) is 3. The third kappa shape index (κ3) is 3.08. The maximum absolute atomic E-state index is 10.4. The molecule has 1 aliphatic rings. The largest absolute Gasteiger partial charge is 0.389 e. The average molecular weight is 338 g/mol. The summed E-state index contributed by atoms with van der Waals surface area (Å²) in [6.45, 7) is 1.85. The van der Waals surface area contributed by atoms with E-state index in [4.69, 9.17) is 10.7 Å². The summed E-state index contributed by atoms with van der Waals surface area (Å²) in [5.74, 6) is 0.803. The molecule has 0 saturated carbocycles. The maximum Gasteiger partial charge on any atom is 0.177 e. The molecule has 0 radical (unpaired) electrons. The van der Waals surface area contributed by atoms with Crippen molar-refractivity contribution in [2.24, 2.45) is 5.73 Å². The van der Waals surface area contributed by atoms with Gasteiger partial charge in [0.2, 0.25) is 0 Å². The van der Waals surface area contributed by atoms with Crippen molar-refractivity contribution in [3.05, 3.63) is 36.5 Å². The Balaban J connectivity index is 1.62. The van der Waals surface area contributed by atoms with Crippen LogP contribution in [0.1, 0.15) is 19.3 Å². The molecule has 1 aromatic carbocycles. The Hall–Kier alpha value is -2.51. The summed E-state index contributed by atoms with van der Waals surface area (Å²) in [7, 11) is 0. The lowest BCUT2D eigenvalue weighted by molar-refractivity contribution is 0.0375. The Morgan fingerprint density at radius 3 is 2.84 bits per heavy atom. The Kier molecular flexibility index (Phi) is 4.10. The molecule has 1 aliphatic heterocycles. The molecule has 4 rings (SSSR count). The van der Waals surface area contributed by atoms with E-state index in [1.54, 1.807) is 6.20 Å². The molecule has 1 unspecified atom stereocenters. The van der Waals surface area contributed by atoms with Gasteiger partial charge in [0.25, 0.3) is 0 Å². The number of nitrogens with zero attached hydrogens (tertiary/aromatic N) is 4. The van der Waals surface area contributed by atoms with Gasteiger partial charge in [0.1, 0.15) is 17.0 Å². The predicted octanol–water partition coefficient (Wildman–Crippen LogP) is 1.70. The van der Waals surface area contributed by atoms with E-state index < -0.39 is 5.60 Å².